The summed E-state index contributed by atoms with van der Waals surface area (Å²) in [5, 5.41) is 11.2. The third-order valence-corrected chi connectivity index (χ3v) is 3.25. The van der Waals surface area contributed by atoms with Crippen LogP contribution in [0.15, 0.2) is 24.3 Å². The van der Waals surface area contributed by atoms with Crippen LogP contribution >= 0.6 is 22.6 Å². The molecule has 0 aliphatic heterocycles. The number of carbonyl (C=O) groups excluding carboxylic acids is 1. The van der Waals surface area contributed by atoms with Gasteiger partial charge >= 0.3 is 5.97 Å². The van der Waals surface area contributed by atoms with Crippen LogP contribution in [0.3, 0.4) is 0 Å². The molecule has 0 aliphatic carbocycles. The van der Waals surface area contributed by atoms with Gasteiger partial charge in [0.15, 0.2) is 0 Å². The number of carboxylic acids is 1. The first kappa shape index (κ1) is 14.0. The fraction of sp³-hybridized carbons (Fsp3) is 0.333. The zero-order valence-corrected chi connectivity index (χ0v) is 11.6. The molecule has 0 saturated heterocycles. The van der Waals surface area contributed by atoms with Crippen molar-refractivity contribution in [1.29, 1.82) is 0 Å². The first-order chi connectivity index (χ1) is 7.99. The predicted octanol–water partition coefficient (Wildman–Crippen LogP) is 1.81. The van der Waals surface area contributed by atoms with Gasteiger partial charge < -0.3 is 10.4 Å². The number of benzene rings is 1. The smallest absolute Gasteiger partial charge is 0.305 e. The van der Waals surface area contributed by atoms with E-state index in [1.165, 1.54) is 0 Å². The molecule has 0 saturated carbocycles. The van der Waals surface area contributed by atoms with Crippen molar-refractivity contribution in [3.63, 3.8) is 0 Å². The van der Waals surface area contributed by atoms with Gasteiger partial charge in [-0.2, -0.15) is 0 Å². The predicted molar refractivity (Wildman–Crippen MR) is 72.7 cm³/mol. The van der Waals surface area contributed by atoms with Crippen molar-refractivity contribution in [2.75, 3.05) is 0 Å². The van der Waals surface area contributed by atoms with E-state index in [2.05, 4.69) is 27.9 Å². The van der Waals surface area contributed by atoms with E-state index in [1.54, 1.807) is 6.92 Å². The highest BCUT2D eigenvalue weighted by atomic mass is 127. The maximum Gasteiger partial charge on any atom is 0.305 e. The summed E-state index contributed by atoms with van der Waals surface area (Å²) in [5.41, 5.74) is 0.952. The van der Waals surface area contributed by atoms with Gasteiger partial charge in [0.2, 0.25) is 5.91 Å². The van der Waals surface area contributed by atoms with E-state index in [1.807, 2.05) is 24.3 Å². The molecule has 0 aliphatic rings. The van der Waals surface area contributed by atoms with Crippen molar-refractivity contribution in [2.45, 2.75) is 25.8 Å². The SMILES string of the molecule is CC(CC(=O)O)NC(=O)Cc1ccccc1I. The number of hydrogen-bond acceptors (Lipinski definition) is 2. The van der Waals surface area contributed by atoms with Crippen LogP contribution in [0.4, 0.5) is 0 Å². The molecule has 17 heavy (non-hydrogen) atoms. The number of carbonyl (C=O) groups is 2. The van der Waals surface area contributed by atoms with Crippen LogP contribution in [-0.2, 0) is 16.0 Å². The topological polar surface area (TPSA) is 66.4 Å². The van der Waals surface area contributed by atoms with Crippen molar-refractivity contribution < 1.29 is 14.7 Å². The van der Waals surface area contributed by atoms with Gasteiger partial charge in [-0.3, -0.25) is 9.59 Å². The average molecular weight is 347 g/mol. The van der Waals surface area contributed by atoms with Gasteiger partial charge in [-0.15, -0.1) is 0 Å². The largest absolute Gasteiger partial charge is 0.481 e. The van der Waals surface area contributed by atoms with E-state index in [0.717, 1.165) is 9.13 Å². The average Bonchev–Trinajstić information content (AvgIpc) is 2.19. The normalized spacial score (nSPS) is 11.9. The van der Waals surface area contributed by atoms with Crippen LogP contribution in [0, 0.1) is 3.57 Å². The summed E-state index contributed by atoms with van der Waals surface area (Å²) in [6.07, 6.45) is 0.223. The zero-order chi connectivity index (χ0) is 12.8. The van der Waals surface area contributed by atoms with Gasteiger partial charge in [-0.05, 0) is 41.1 Å². The molecule has 5 heteroatoms. The molecule has 0 heterocycles. The lowest BCUT2D eigenvalue weighted by Gasteiger charge is -2.12. The number of rotatable bonds is 5. The van der Waals surface area contributed by atoms with Crippen molar-refractivity contribution in [3.05, 3.63) is 33.4 Å². The Bertz CT molecular complexity index is 420. The molecule has 1 aromatic carbocycles. The summed E-state index contributed by atoms with van der Waals surface area (Å²) in [4.78, 5) is 22.1. The van der Waals surface area contributed by atoms with Crippen molar-refractivity contribution in [2.24, 2.45) is 0 Å². The number of amides is 1. The Labute approximate surface area is 114 Å². The molecule has 0 aromatic heterocycles. The molecule has 2 N–H and O–H groups in total. The summed E-state index contributed by atoms with van der Waals surface area (Å²) in [5.74, 6) is -1.06. The quantitative estimate of drug-likeness (QED) is 0.799. The molecular formula is C12H14INO3. The second-order valence-electron chi connectivity index (χ2n) is 3.83. The highest BCUT2D eigenvalue weighted by Gasteiger charge is 2.12. The molecule has 1 aromatic rings. The second-order valence-corrected chi connectivity index (χ2v) is 5.00. The van der Waals surface area contributed by atoms with Gasteiger partial charge in [-0.25, -0.2) is 0 Å². The third kappa shape index (κ3) is 5.16. The Kier molecular flexibility index (Phi) is 5.40. The summed E-state index contributed by atoms with van der Waals surface area (Å²) < 4.78 is 1.03. The second kappa shape index (κ2) is 6.58. The molecule has 0 fully saturated rings. The molecule has 1 rings (SSSR count). The Morgan fingerprint density at radius 2 is 2.06 bits per heavy atom. The molecule has 0 bridgehead atoms. The maximum atomic E-state index is 11.6. The van der Waals surface area contributed by atoms with Crippen molar-refractivity contribution >= 4 is 34.5 Å². The standard InChI is InChI=1S/C12H14INO3/c1-8(6-12(16)17)14-11(15)7-9-4-2-3-5-10(9)13/h2-5,8H,6-7H2,1H3,(H,14,15)(H,16,17). The number of halogens is 1. The van der Waals surface area contributed by atoms with Crippen LogP contribution in [0.2, 0.25) is 0 Å². The lowest BCUT2D eigenvalue weighted by Crippen LogP contribution is -2.35. The molecule has 1 atom stereocenters. The first-order valence-electron chi connectivity index (χ1n) is 5.23. The molecular weight excluding hydrogens is 333 g/mol. The summed E-state index contributed by atoms with van der Waals surface area (Å²) in [7, 11) is 0. The van der Waals surface area contributed by atoms with Crippen molar-refractivity contribution in [3.8, 4) is 0 Å². The van der Waals surface area contributed by atoms with Crippen LogP contribution in [0.5, 0.6) is 0 Å². The van der Waals surface area contributed by atoms with E-state index >= 15 is 0 Å². The van der Waals surface area contributed by atoms with Crippen LogP contribution in [0.1, 0.15) is 18.9 Å². The zero-order valence-electron chi connectivity index (χ0n) is 9.44. The van der Waals surface area contributed by atoms with Crippen LogP contribution < -0.4 is 5.32 Å². The van der Waals surface area contributed by atoms with Gasteiger partial charge in [-0.1, -0.05) is 18.2 Å². The van der Waals surface area contributed by atoms with Crippen LogP contribution in [0.25, 0.3) is 0 Å². The summed E-state index contributed by atoms with van der Waals surface area (Å²) in [6.45, 7) is 1.68. The number of carboxylic acid groups (broad SMARTS) is 1. The minimum Gasteiger partial charge on any atom is -0.481 e. The van der Waals surface area contributed by atoms with Gasteiger partial charge in [0.05, 0.1) is 12.8 Å². The van der Waals surface area contributed by atoms with E-state index < -0.39 is 5.97 Å². The van der Waals surface area contributed by atoms with E-state index in [4.69, 9.17) is 5.11 Å². The highest BCUT2D eigenvalue weighted by Crippen LogP contribution is 2.11. The van der Waals surface area contributed by atoms with Gasteiger partial charge in [0.25, 0.3) is 0 Å². The number of hydrogen-bond donors (Lipinski definition) is 2. The van der Waals surface area contributed by atoms with Gasteiger partial charge in [0.1, 0.15) is 0 Å². The molecule has 0 radical (unpaired) electrons. The Morgan fingerprint density at radius 1 is 1.41 bits per heavy atom. The Balaban J connectivity index is 2.50. The minimum absolute atomic E-state index is 0.0579. The van der Waals surface area contributed by atoms with E-state index in [0.29, 0.717) is 0 Å². The van der Waals surface area contributed by atoms with Crippen molar-refractivity contribution in [1.82, 2.24) is 5.32 Å². The number of aliphatic carboxylic acids is 1. The molecule has 0 spiro atoms. The van der Waals surface area contributed by atoms with E-state index in [-0.39, 0.29) is 24.8 Å². The lowest BCUT2D eigenvalue weighted by molar-refractivity contribution is -0.137. The fourth-order valence-electron chi connectivity index (χ4n) is 1.45. The number of nitrogens with one attached hydrogen (secondary N) is 1. The lowest BCUT2D eigenvalue weighted by atomic mass is 10.1. The Hall–Kier alpha value is -1.11. The van der Waals surface area contributed by atoms with Gasteiger partial charge in [0, 0.05) is 9.61 Å². The summed E-state index contributed by atoms with van der Waals surface area (Å²) in [6, 6.07) is 7.27. The highest BCUT2D eigenvalue weighted by molar-refractivity contribution is 14.1. The van der Waals surface area contributed by atoms with E-state index in [9.17, 15) is 9.59 Å². The van der Waals surface area contributed by atoms with Crippen LogP contribution in [-0.4, -0.2) is 23.0 Å². The molecule has 1 unspecified atom stereocenters. The monoisotopic (exact) mass is 347 g/mol. The molecule has 4 nitrogen and oxygen atoms in total. The molecule has 1 amide bonds. The fourth-order valence-corrected chi connectivity index (χ4v) is 2.03. The Morgan fingerprint density at radius 3 is 2.65 bits per heavy atom. The first-order valence-corrected chi connectivity index (χ1v) is 6.31. The molecule has 92 valence electrons. The minimum atomic E-state index is -0.910. The third-order valence-electron chi connectivity index (χ3n) is 2.20. The summed E-state index contributed by atoms with van der Waals surface area (Å²) >= 11 is 2.17. The maximum absolute atomic E-state index is 11.6.